The monoisotopic (exact) mass is 449 g/mol. The maximum absolute atomic E-state index is 13.0. The van der Waals surface area contributed by atoms with Crippen molar-refractivity contribution in [1.82, 2.24) is 15.2 Å². The number of fused-ring (bicyclic) bond motifs is 1. The summed E-state index contributed by atoms with van der Waals surface area (Å²) in [4.78, 5) is 4.13. The fraction of sp³-hybridized carbons (Fsp3) is 0.150. The molecule has 10 heteroatoms. The molecule has 0 amide bonds. The van der Waals surface area contributed by atoms with Gasteiger partial charge in [0.2, 0.25) is 0 Å². The van der Waals surface area contributed by atoms with Crippen LogP contribution in [-0.4, -0.2) is 23.6 Å². The summed E-state index contributed by atoms with van der Waals surface area (Å²) < 4.78 is 64.3. The molecule has 0 bridgehead atoms. The number of thiazole rings is 1. The van der Waals surface area contributed by atoms with Crippen LogP contribution in [0.2, 0.25) is 0 Å². The Kier molecular flexibility index (Phi) is 5.07. The number of benzene rings is 2. The van der Waals surface area contributed by atoms with E-state index in [2.05, 4.69) is 15.2 Å². The summed E-state index contributed by atoms with van der Waals surface area (Å²) in [5.74, 6) is -0.209. The minimum Gasteiger partial charge on any atom is -0.249 e. The van der Waals surface area contributed by atoms with Crippen molar-refractivity contribution in [3.8, 4) is 11.3 Å². The van der Waals surface area contributed by atoms with Crippen molar-refractivity contribution in [3.63, 3.8) is 0 Å². The predicted octanol–water partition coefficient (Wildman–Crippen LogP) is 5.05. The summed E-state index contributed by atoms with van der Waals surface area (Å²) in [5.41, 5.74) is 0.543. The molecule has 0 aliphatic heterocycles. The standard InChI is InChI=1S/C20H14F3N3O2S2/c1-12-8-14(20(21,22)23)2-4-16(12)19-17-5-3-15(9-13(17)10-25-26-19)30(27,28)11-18-24-6-7-29-18/h2-10H,11H2,1H3. The number of sulfone groups is 1. The second-order valence-corrected chi connectivity index (χ2v) is 9.62. The third-order valence-corrected chi connectivity index (χ3v) is 7.19. The number of nitrogens with zero attached hydrogens (tertiary/aromatic N) is 3. The fourth-order valence-electron chi connectivity index (χ4n) is 3.13. The first-order valence-electron chi connectivity index (χ1n) is 8.70. The van der Waals surface area contributed by atoms with Gasteiger partial charge >= 0.3 is 6.18 Å². The Balaban J connectivity index is 1.77. The molecule has 30 heavy (non-hydrogen) atoms. The summed E-state index contributed by atoms with van der Waals surface area (Å²) in [5, 5.41) is 11.3. The lowest BCUT2D eigenvalue weighted by Crippen LogP contribution is -2.06. The van der Waals surface area contributed by atoms with Crippen molar-refractivity contribution in [3.05, 3.63) is 70.3 Å². The highest BCUT2D eigenvalue weighted by atomic mass is 32.2. The van der Waals surface area contributed by atoms with Crippen LogP contribution in [0.1, 0.15) is 16.1 Å². The van der Waals surface area contributed by atoms with Crippen molar-refractivity contribution in [2.24, 2.45) is 0 Å². The van der Waals surface area contributed by atoms with Gasteiger partial charge in [0, 0.05) is 27.9 Å². The Hall–Kier alpha value is -2.85. The lowest BCUT2D eigenvalue weighted by molar-refractivity contribution is -0.137. The highest BCUT2D eigenvalue weighted by Crippen LogP contribution is 2.35. The molecule has 4 rings (SSSR count). The number of hydrogen-bond acceptors (Lipinski definition) is 6. The normalized spacial score (nSPS) is 12.4. The van der Waals surface area contributed by atoms with E-state index in [0.717, 1.165) is 12.1 Å². The van der Waals surface area contributed by atoms with Crippen molar-refractivity contribution in [1.29, 1.82) is 0 Å². The van der Waals surface area contributed by atoms with Gasteiger partial charge < -0.3 is 0 Å². The molecule has 154 valence electrons. The molecule has 0 saturated heterocycles. The van der Waals surface area contributed by atoms with Crippen LogP contribution in [-0.2, 0) is 21.8 Å². The van der Waals surface area contributed by atoms with Gasteiger partial charge in [0.15, 0.2) is 9.84 Å². The Morgan fingerprint density at radius 1 is 1.10 bits per heavy atom. The molecule has 2 aromatic carbocycles. The van der Waals surface area contributed by atoms with E-state index in [0.29, 0.717) is 32.6 Å². The Morgan fingerprint density at radius 2 is 1.90 bits per heavy atom. The molecule has 5 nitrogen and oxygen atoms in total. The van der Waals surface area contributed by atoms with Gasteiger partial charge in [-0.05, 0) is 36.8 Å². The van der Waals surface area contributed by atoms with E-state index in [9.17, 15) is 21.6 Å². The topological polar surface area (TPSA) is 72.8 Å². The zero-order valence-electron chi connectivity index (χ0n) is 15.5. The number of halogens is 3. The lowest BCUT2D eigenvalue weighted by Gasteiger charge is -2.12. The summed E-state index contributed by atoms with van der Waals surface area (Å²) in [6.45, 7) is 1.57. The van der Waals surface area contributed by atoms with Gasteiger partial charge in [0.1, 0.15) is 16.5 Å². The number of aryl methyl sites for hydroxylation is 1. The van der Waals surface area contributed by atoms with Crippen LogP contribution >= 0.6 is 11.3 Å². The third-order valence-electron chi connectivity index (χ3n) is 4.60. The largest absolute Gasteiger partial charge is 0.416 e. The van der Waals surface area contributed by atoms with E-state index < -0.39 is 21.6 Å². The molecule has 2 heterocycles. The molecule has 0 aliphatic carbocycles. The number of hydrogen-bond donors (Lipinski definition) is 0. The summed E-state index contributed by atoms with van der Waals surface area (Å²) in [7, 11) is -3.61. The van der Waals surface area contributed by atoms with Crippen molar-refractivity contribution in [2.45, 2.75) is 23.7 Å². The van der Waals surface area contributed by atoms with E-state index in [1.165, 1.54) is 35.7 Å². The molecule has 0 unspecified atom stereocenters. The quantitative estimate of drug-likeness (QED) is 0.436. The van der Waals surface area contributed by atoms with Crippen LogP contribution in [0, 0.1) is 6.92 Å². The molecule has 4 aromatic rings. The van der Waals surface area contributed by atoms with Crippen molar-refractivity contribution in [2.75, 3.05) is 0 Å². The molecule has 0 atom stereocenters. The molecule has 0 radical (unpaired) electrons. The van der Waals surface area contributed by atoms with Crippen LogP contribution < -0.4 is 0 Å². The number of rotatable bonds is 4. The van der Waals surface area contributed by atoms with Gasteiger partial charge in [-0.25, -0.2) is 13.4 Å². The molecule has 0 saturated carbocycles. The minimum absolute atomic E-state index is 0.119. The first kappa shape index (κ1) is 20.4. The third kappa shape index (κ3) is 3.92. The second kappa shape index (κ2) is 7.44. The Labute approximate surface area is 174 Å². The fourth-order valence-corrected chi connectivity index (χ4v) is 5.42. The molecule has 0 spiro atoms. The van der Waals surface area contributed by atoms with Crippen molar-refractivity contribution < 1.29 is 21.6 Å². The number of aromatic nitrogens is 3. The maximum atomic E-state index is 13.0. The minimum atomic E-state index is -4.44. The molecule has 2 aromatic heterocycles. The van der Waals surface area contributed by atoms with Crippen molar-refractivity contribution >= 4 is 31.9 Å². The summed E-state index contributed by atoms with van der Waals surface area (Å²) >= 11 is 1.26. The number of alkyl halides is 3. The SMILES string of the molecule is Cc1cc(C(F)(F)F)ccc1-c1nncc2cc(S(=O)(=O)Cc3nccs3)ccc12. The zero-order valence-corrected chi connectivity index (χ0v) is 17.1. The lowest BCUT2D eigenvalue weighted by atomic mass is 9.99. The summed E-state index contributed by atoms with van der Waals surface area (Å²) in [6.07, 6.45) is -1.46. The van der Waals surface area contributed by atoms with Crippen LogP contribution in [0.3, 0.4) is 0 Å². The predicted molar refractivity (Wildman–Crippen MR) is 108 cm³/mol. The maximum Gasteiger partial charge on any atom is 0.416 e. The van der Waals surface area contributed by atoms with E-state index in [1.807, 2.05) is 0 Å². The average Bonchev–Trinajstić information content (AvgIpc) is 3.18. The van der Waals surface area contributed by atoms with Gasteiger partial charge in [0.05, 0.1) is 16.7 Å². The first-order chi connectivity index (χ1) is 14.1. The zero-order chi connectivity index (χ0) is 21.5. The summed E-state index contributed by atoms with van der Waals surface area (Å²) in [6, 6.07) is 7.98. The molecule has 0 aliphatic rings. The Bertz CT molecular complexity index is 1340. The van der Waals surface area contributed by atoms with Gasteiger partial charge in [-0.2, -0.15) is 18.3 Å². The molecule has 0 N–H and O–H groups in total. The van der Waals surface area contributed by atoms with E-state index in [4.69, 9.17) is 0 Å². The van der Waals surface area contributed by atoms with Gasteiger partial charge in [-0.1, -0.05) is 12.1 Å². The van der Waals surface area contributed by atoms with E-state index >= 15 is 0 Å². The van der Waals surface area contributed by atoms with Gasteiger partial charge in [-0.3, -0.25) is 0 Å². The van der Waals surface area contributed by atoms with Crippen LogP contribution in [0.4, 0.5) is 13.2 Å². The van der Waals surface area contributed by atoms with Crippen LogP contribution in [0.25, 0.3) is 22.0 Å². The van der Waals surface area contributed by atoms with E-state index in [1.54, 1.807) is 24.6 Å². The highest BCUT2D eigenvalue weighted by molar-refractivity contribution is 7.90. The molecule has 0 fully saturated rings. The average molecular weight is 449 g/mol. The highest BCUT2D eigenvalue weighted by Gasteiger charge is 2.31. The van der Waals surface area contributed by atoms with Gasteiger partial charge in [0.25, 0.3) is 0 Å². The first-order valence-corrected chi connectivity index (χ1v) is 11.2. The van der Waals surface area contributed by atoms with Crippen LogP contribution in [0.5, 0.6) is 0 Å². The van der Waals surface area contributed by atoms with E-state index in [-0.39, 0.29) is 10.6 Å². The smallest absolute Gasteiger partial charge is 0.249 e. The molecular formula is C20H14F3N3O2S2. The Morgan fingerprint density at radius 3 is 2.57 bits per heavy atom. The molecular weight excluding hydrogens is 435 g/mol. The second-order valence-electron chi connectivity index (χ2n) is 6.65. The van der Waals surface area contributed by atoms with Gasteiger partial charge in [-0.15, -0.1) is 16.4 Å². The van der Waals surface area contributed by atoms with Crippen LogP contribution in [0.15, 0.2) is 59.1 Å².